The van der Waals surface area contributed by atoms with Gasteiger partial charge in [0, 0.05) is 22.9 Å². The van der Waals surface area contributed by atoms with Gasteiger partial charge in [-0.2, -0.15) is 17.9 Å². The highest BCUT2D eigenvalue weighted by molar-refractivity contribution is 7.12. The first-order chi connectivity index (χ1) is 20.2. The van der Waals surface area contributed by atoms with E-state index in [-0.39, 0.29) is 39.3 Å². The third-order valence-electron chi connectivity index (χ3n) is 5.54. The number of amidine groups is 1. The maximum atomic E-state index is 15.3. The second-order valence-electron chi connectivity index (χ2n) is 8.27. The van der Waals surface area contributed by atoms with Crippen LogP contribution in [0.2, 0.25) is 0 Å². The lowest BCUT2D eigenvalue weighted by Gasteiger charge is -2.20. The third-order valence-corrected chi connectivity index (χ3v) is 6.43. The number of H-pyrrole nitrogens is 1. The van der Waals surface area contributed by atoms with Crippen molar-refractivity contribution in [2.75, 3.05) is 19.5 Å². The SMILES string of the molecule is COc1cc(F)c(C(Nc2ccc(C(=N)N)cc2)c2nn(-c3ccsc3C(=O)O)c(=O)[nH]2)cc1OC.O=C(O)C(F)(F)F. The summed E-state index contributed by atoms with van der Waals surface area (Å²) < 4.78 is 58.4. The zero-order chi connectivity index (χ0) is 32.1. The Labute approximate surface area is 242 Å². The molecular weight excluding hydrogens is 604 g/mol. The zero-order valence-corrected chi connectivity index (χ0v) is 22.8. The van der Waals surface area contributed by atoms with Crippen LogP contribution in [0.1, 0.15) is 32.7 Å². The van der Waals surface area contributed by atoms with Gasteiger partial charge in [-0.1, -0.05) is 0 Å². The van der Waals surface area contributed by atoms with Crippen molar-refractivity contribution in [3.8, 4) is 17.2 Å². The summed E-state index contributed by atoms with van der Waals surface area (Å²) in [6.45, 7) is 0. The average molecular weight is 627 g/mol. The standard InChI is InChI=1S/C23H21FN6O5S.C2HF3O2/c1-34-16-9-13(14(24)10-17(16)35-2)18(27-12-5-3-11(4-6-12)20(25)26)21-28-23(33)30(29-21)15-7-8-36-19(15)22(31)32;3-2(4,5)1(6)7/h3-10,18,27H,1-2H3,(H3,25,26)(H,31,32)(H,28,29,33);(H,6,7). The number of nitrogens with zero attached hydrogens (tertiary/aromatic N) is 2. The van der Waals surface area contributed by atoms with Gasteiger partial charge in [-0.05, 0) is 41.8 Å². The molecular formula is C25H22F4N6O7S. The van der Waals surface area contributed by atoms with E-state index in [9.17, 15) is 27.9 Å². The quantitative estimate of drug-likeness (QED) is 0.0904. The molecule has 2 aromatic carbocycles. The molecule has 0 saturated carbocycles. The lowest BCUT2D eigenvalue weighted by molar-refractivity contribution is -0.192. The number of aromatic nitrogens is 3. The molecule has 7 N–H and O–H groups in total. The average Bonchev–Trinajstić information content (AvgIpc) is 3.58. The Morgan fingerprint density at radius 1 is 1.12 bits per heavy atom. The van der Waals surface area contributed by atoms with Crippen molar-refractivity contribution in [1.29, 1.82) is 5.41 Å². The number of ether oxygens (including phenoxy) is 2. The van der Waals surface area contributed by atoms with Gasteiger partial charge in [0.25, 0.3) is 0 Å². The van der Waals surface area contributed by atoms with Gasteiger partial charge in [-0.25, -0.2) is 18.8 Å². The van der Waals surface area contributed by atoms with Crippen LogP contribution in [0.3, 0.4) is 0 Å². The van der Waals surface area contributed by atoms with E-state index in [4.69, 9.17) is 30.5 Å². The van der Waals surface area contributed by atoms with Crippen molar-refractivity contribution in [2.24, 2.45) is 5.73 Å². The normalized spacial score (nSPS) is 11.6. The minimum atomic E-state index is -5.08. The van der Waals surface area contributed by atoms with Gasteiger partial charge in [0.15, 0.2) is 17.3 Å². The molecule has 13 nitrogen and oxygen atoms in total. The number of nitrogens with two attached hydrogens (primary N) is 1. The number of aromatic amines is 1. The van der Waals surface area contributed by atoms with Gasteiger partial charge in [0.2, 0.25) is 0 Å². The highest BCUT2D eigenvalue weighted by atomic mass is 32.1. The predicted octanol–water partition coefficient (Wildman–Crippen LogP) is 3.60. The van der Waals surface area contributed by atoms with Crippen LogP contribution in [0.15, 0.2) is 52.6 Å². The molecule has 43 heavy (non-hydrogen) atoms. The van der Waals surface area contributed by atoms with Crippen LogP contribution in [0.5, 0.6) is 11.5 Å². The van der Waals surface area contributed by atoms with Crippen molar-refractivity contribution < 1.29 is 46.8 Å². The van der Waals surface area contributed by atoms with Crippen molar-refractivity contribution in [2.45, 2.75) is 12.2 Å². The van der Waals surface area contributed by atoms with Gasteiger partial charge in [-0.3, -0.25) is 10.4 Å². The number of rotatable bonds is 9. The Bertz CT molecular complexity index is 1700. The molecule has 1 unspecified atom stereocenters. The summed E-state index contributed by atoms with van der Waals surface area (Å²) in [5.74, 6) is -4.30. The Kier molecular flexibility index (Phi) is 9.76. The topological polar surface area (TPSA) is 206 Å². The monoisotopic (exact) mass is 626 g/mol. The number of benzene rings is 2. The number of anilines is 1. The van der Waals surface area contributed by atoms with Crippen molar-refractivity contribution in [3.05, 3.63) is 86.0 Å². The van der Waals surface area contributed by atoms with Crippen LogP contribution in [-0.4, -0.2) is 63.1 Å². The molecule has 0 bridgehead atoms. The largest absolute Gasteiger partial charge is 0.493 e. The lowest BCUT2D eigenvalue weighted by Crippen LogP contribution is -2.21. The summed E-state index contributed by atoms with van der Waals surface area (Å²) in [6.07, 6.45) is -5.08. The summed E-state index contributed by atoms with van der Waals surface area (Å²) in [5.41, 5.74) is 5.98. The lowest BCUT2D eigenvalue weighted by atomic mass is 10.0. The number of aliphatic carboxylic acids is 1. The molecule has 2 aromatic heterocycles. The van der Waals surface area contributed by atoms with Crippen LogP contribution in [0, 0.1) is 11.2 Å². The number of nitrogen functional groups attached to an aromatic ring is 1. The summed E-state index contributed by atoms with van der Waals surface area (Å²) in [4.78, 5) is 35.8. The predicted molar refractivity (Wildman–Crippen MR) is 145 cm³/mol. The van der Waals surface area contributed by atoms with Crippen molar-refractivity contribution in [3.63, 3.8) is 0 Å². The Balaban J connectivity index is 0.000000646. The molecule has 0 saturated heterocycles. The number of hydrogen-bond acceptors (Lipinski definition) is 9. The summed E-state index contributed by atoms with van der Waals surface area (Å²) in [6, 6.07) is 9.49. The van der Waals surface area contributed by atoms with Crippen LogP contribution in [-0.2, 0) is 4.79 Å². The molecule has 4 rings (SSSR count). The molecule has 0 aliphatic carbocycles. The molecule has 4 aromatic rings. The number of carboxylic acid groups (broad SMARTS) is 2. The van der Waals surface area contributed by atoms with Gasteiger partial charge in [0.1, 0.15) is 22.6 Å². The number of halogens is 4. The second kappa shape index (κ2) is 13.1. The van der Waals surface area contributed by atoms with Crippen molar-refractivity contribution in [1.82, 2.24) is 14.8 Å². The fourth-order valence-corrected chi connectivity index (χ4v) is 4.27. The molecule has 18 heteroatoms. The third kappa shape index (κ3) is 7.47. The first-order valence-corrected chi connectivity index (χ1v) is 12.5. The maximum absolute atomic E-state index is 15.3. The van der Waals surface area contributed by atoms with E-state index in [1.54, 1.807) is 24.3 Å². The fourth-order valence-electron chi connectivity index (χ4n) is 3.56. The van der Waals surface area contributed by atoms with Gasteiger partial charge < -0.3 is 30.7 Å². The minimum Gasteiger partial charge on any atom is -0.493 e. The molecule has 0 aliphatic rings. The summed E-state index contributed by atoms with van der Waals surface area (Å²) in [7, 11) is 2.78. The number of thiophene rings is 1. The number of hydrogen-bond donors (Lipinski definition) is 6. The number of carboxylic acids is 2. The van der Waals surface area contributed by atoms with Gasteiger partial charge in [0.05, 0.1) is 19.9 Å². The maximum Gasteiger partial charge on any atom is 0.490 e. The molecule has 1 atom stereocenters. The molecule has 0 fully saturated rings. The molecule has 228 valence electrons. The molecule has 0 radical (unpaired) electrons. The molecule has 2 heterocycles. The molecule has 0 aliphatic heterocycles. The van der Waals surface area contributed by atoms with Crippen LogP contribution >= 0.6 is 11.3 Å². The van der Waals surface area contributed by atoms with E-state index in [1.165, 1.54) is 31.7 Å². The summed E-state index contributed by atoms with van der Waals surface area (Å²) in [5, 5.41) is 33.1. The molecule has 0 spiro atoms. The zero-order valence-electron chi connectivity index (χ0n) is 22.0. The van der Waals surface area contributed by atoms with E-state index >= 15 is 4.39 Å². The van der Waals surface area contributed by atoms with Crippen LogP contribution in [0.4, 0.5) is 23.2 Å². The highest BCUT2D eigenvalue weighted by Gasteiger charge is 2.38. The van der Waals surface area contributed by atoms with E-state index in [0.29, 0.717) is 11.3 Å². The number of alkyl halides is 3. The van der Waals surface area contributed by atoms with E-state index < -0.39 is 35.7 Å². The fraction of sp³-hybridized carbons (Fsp3) is 0.160. The smallest absolute Gasteiger partial charge is 0.490 e. The minimum absolute atomic E-state index is 0.0179. The van der Waals surface area contributed by atoms with Crippen molar-refractivity contribution >= 4 is 34.8 Å². The number of nitrogens with one attached hydrogen (secondary N) is 3. The van der Waals surface area contributed by atoms with Gasteiger partial charge >= 0.3 is 23.8 Å². The molecule has 0 amide bonds. The number of carbonyl (C=O) groups is 2. The van der Waals surface area contributed by atoms with Crippen LogP contribution < -0.4 is 26.2 Å². The van der Waals surface area contributed by atoms with E-state index in [0.717, 1.165) is 22.1 Å². The second-order valence-corrected chi connectivity index (χ2v) is 9.18. The Morgan fingerprint density at radius 3 is 2.21 bits per heavy atom. The number of aromatic carboxylic acids is 1. The van der Waals surface area contributed by atoms with E-state index in [1.807, 2.05) is 0 Å². The summed E-state index contributed by atoms with van der Waals surface area (Å²) >= 11 is 0.946. The highest BCUT2D eigenvalue weighted by Crippen LogP contribution is 2.35. The van der Waals surface area contributed by atoms with Gasteiger partial charge in [-0.15, -0.1) is 16.4 Å². The Hall–Kier alpha value is -5.39. The van der Waals surface area contributed by atoms with Crippen LogP contribution in [0.25, 0.3) is 5.69 Å². The Morgan fingerprint density at radius 2 is 1.70 bits per heavy atom. The number of methoxy groups -OCH3 is 2. The first kappa shape index (κ1) is 32.1. The first-order valence-electron chi connectivity index (χ1n) is 11.6. The van der Waals surface area contributed by atoms with E-state index in [2.05, 4.69) is 15.4 Å².